The van der Waals surface area contributed by atoms with Crippen LogP contribution < -0.4 is 5.32 Å². The second kappa shape index (κ2) is 5.41. The highest BCUT2D eigenvalue weighted by atomic mass is 35.5. The second-order valence-corrected chi connectivity index (χ2v) is 6.47. The molecule has 1 aromatic carbocycles. The van der Waals surface area contributed by atoms with Crippen molar-refractivity contribution < 1.29 is 4.79 Å². The first-order valence-corrected chi connectivity index (χ1v) is 7.03. The number of benzene rings is 1. The van der Waals surface area contributed by atoms with Crippen LogP contribution in [0.5, 0.6) is 0 Å². The van der Waals surface area contributed by atoms with Crippen LogP contribution in [-0.4, -0.2) is 16.9 Å². The Hall–Kier alpha value is -1.61. The summed E-state index contributed by atoms with van der Waals surface area (Å²) in [5.74, 6) is -0.194. The van der Waals surface area contributed by atoms with Crippen molar-refractivity contribution in [3.05, 3.63) is 41.0 Å². The maximum atomic E-state index is 12.3. The third-order valence-corrected chi connectivity index (χ3v) is 3.86. The molecule has 0 saturated heterocycles. The molecule has 0 aliphatic carbocycles. The topological polar surface area (TPSA) is 42.0 Å². The Labute approximate surface area is 124 Å². The Kier molecular flexibility index (Phi) is 4.00. The van der Waals surface area contributed by atoms with Gasteiger partial charge in [0.25, 0.3) is 5.91 Å². The van der Waals surface area contributed by atoms with Crippen molar-refractivity contribution >= 4 is 28.4 Å². The molecule has 0 radical (unpaired) electrons. The predicted octanol–water partition coefficient (Wildman–Crippen LogP) is 4.05. The smallest absolute Gasteiger partial charge is 0.270 e. The molecule has 0 aliphatic heterocycles. The molecule has 1 atom stereocenters. The number of halogens is 1. The number of hydrogen-bond donors (Lipinski definition) is 1. The fourth-order valence-corrected chi connectivity index (χ4v) is 2.00. The molecule has 106 valence electrons. The van der Waals surface area contributed by atoms with Gasteiger partial charge in [0.15, 0.2) is 0 Å². The molecule has 1 amide bonds. The summed E-state index contributed by atoms with van der Waals surface area (Å²) in [5, 5.41) is 4.37. The molecule has 0 fully saturated rings. The number of carbonyl (C=O) groups is 1. The normalized spacial score (nSPS) is 13.2. The lowest BCUT2D eigenvalue weighted by Gasteiger charge is -2.27. The number of aromatic nitrogens is 1. The van der Waals surface area contributed by atoms with Crippen LogP contribution in [-0.2, 0) is 0 Å². The number of hydrogen-bond acceptors (Lipinski definition) is 2. The summed E-state index contributed by atoms with van der Waals surface area (Å²) in [6.07, 6.45) is 0. The zero-order chi connectivity index (χ0) is 14.9. The van der Waals surface area contributed by atoms with Crippen molar-refractivity contribution in [3.63, 3.8) is 0 Å². The van der Waals surface area contributed by atoms with Gasteiger partial charge in [0, 0.05) is 11.4 Å². The summed E-state index contributed by atoms with van der Waals surface area (Å²) >= 11 is 6.21. The number of carbonyl (C=O) groups excluding carboxylic acids is 1. The van der Waals surface area contributed by atoms with E-state index in [9.17, 15) is 4.79 Å². The quantitative estimate of drug-likeness (QED) is 0.906. The second-order valence-electron chi connectivity index (χ2n) is 6.07. The van der Waals surface area contributed by atoms with Gasteiger partial charge in [0.2, 0.25) is 0 Å². The number of fused-ring (bicyclic) bond motifs is 1. The average Bonchev–Trinajstić information content (AvgIpc) is 2.37. The van der Waals surface area contributed by atoms with Gasteiger partial charge >= 0.3 is 0 Å². The van der Waals surface area contributed by atoms with Crippen molar-refractivity contribution in [2.75, 3.05) is 0 Å². The van der Waals surface area contributed by atoms with Gasteiger partial charge < -0.3 is 5.32 Å². The lowest BCUT2D eigenvalue weighted by molar-refractivity contribution is 0.0905. The zero-order valence-corrected chi connectivity index (χ0v) is 13.0. The van der Waals surface area contributed by atoms with E-state index in [0.717, 1.165) is 10.9 Å². The number of nitrogens with zero attached hydrogens (tertiary/aromatic N) is 1. The lowest BCUT2D eigenvalue weighted by atomic mass is 9.88. The van der Waals surface area contributed by atoms with Gasteiger partial charge in [-0.15, -0.1) is 0 Å². The van der Waals surface area contributed by atoms with Gasteiger partial charge in [-0.1, -0.05) is 50.6 Å². The molecule has 1 unspecified atom stereocenters. The first kappa shape index (κ1) is 14.8. The molecule has 2 aromatic rings. The molecule has 2 rings (SSSR count). The Morgan fingerprint density at radius 2 is 1.95 bits per heavy atom. The van der Waals surface area contributed by atoms with E-state index in [1.54, 1.807) is 6.07 Å². The van der Waals surface area contributed by atoms with Crippen molar-refractivity contribution in [2.45, 2.75) is 33.7 Å². The zero-order valence-electron chi connectivity index (χ0n) is 12.2. The highest BCUT2D eigenvalue weighted by Crippen LogP contribution is 2.23. The van der Waals surface area contributed by atoms with Crippen LogP contribution in [0.25, 0.3) is 10.9 Å². The van der Waals surface area contributed by atoms with E-state index in [0.29, 0.717) is 10.7 Å². The van der Waals surface area contributed by atoms with E-state index < -0.39 is 0 Å². The largest absolute Gasteiger partial charge is 0.348 e. The summed E-state index contributed by atoms with van der Waals surface area (Å²) in [7, 11) is 0. The standard InChI is InChI=1S/C16H19ClN2O/c1-10(16(2,3)4)18-15(20)14-9-12(17)11-7-5-6-8-13(11)19-14/h5-10H,1-4H3,(H,18,20). The van der Waals surface area contributed by atoms with Crippen LogP contribution in [0.2, 0.25) is 5.02 Å². The van der Waals surface area contributed by atoms with E-state index in [1.807, 2.05) is 31.2 Å². The third kappa shape index (κ3) is 3.10. The van der Waals surface area contributed by atoms with Gasteiger partial charge in [0.1, 0.15) is 5.69 Å². The molecule has 0 aliphatic rings. The fourth-order valence-electron chi connectivity index (χ4n) is 1.74. The van der Waals surface area contributed by atoms with Crippen LogP contribution in [0.4, 0.5) is 0 Å². The van der Waals surface area contributed by atoms with Gasteiger partial charge in [-0.05, 0) is 24.5 Å². The van der Waals surface area contributed by atoms with Crippen LogP contribution in [0.15, 0.2) is 30.3 Å². The molecule has 0 spiro atoms. The number of rotatable bonds is 2. The Balaban J connectivity index is 2.31. The number of amides is 1. The number of pyridine rings is 1. The van der Waals surface area contributed by atoms with Crippen LogP contribution >= 0.6 is 11.6 Å². The van der Waals surface area contributed by atoms with Crippen molar-refractivity contribution in [2.24, 2.45) is 5.41 Å². The monoisotopic (exact) mass is 290 g/mol. The van der Waals surface area contributed by atoms with Crippen LogP contribution in [0.3, 0.4) is 0 Å². The van der Waals surface area contributed by atoms with Gasteiger partial charge in [-0.25, -0.2) is 4.98 Å². The SMILES string of the molecule is CC(NC(=O)c1cc(Cl)c2ccccc2n1)C(C)(C)C. The lowest BCUT2D eigenvalue weighted by Crippen LogP contribution is -2.41. The average molecular weight is 291 g/mol. The minimum Gasteiger partial charge on any atom is -0.348 e. The predicted molar refractivity (Wildman–Crippen MR) is 83.1 cm³/mol. The molecular weight excluding hydrogens is 272 g/mol. The summed E-state index contributed by atoms with van der Waals surface area (Å²) in [5.41, 5.74) is 1.08. The van der Waals surface area contributed by atoms with E-state index in [2.05, 4.69) is 31.1 Å². The highest BCUT2D eigenvalue weighted by Gasteiger charge is 2.23. The molecule has 4 heteroatoms. The summed E-state index contributed by atoms with van der Waals surface area (Å²) in [6.45, 7) is 8.23. The van der Waals surface area contributed by atoms with Gasteiger partial charge in [-0.3, -0.25) is 4.79 Å². The van der Waals surface area contributed by atoms with Crippen molar-refractivity contribution in [1.29, 1.82) is 0 Å². The van der Waals surface area contributed by atoms with Crippen LogP contribution in [0.1, 0.15) is 38.2 Å². The van der Waals surface area contributed by atoms with Gasteiger partial charge in [0.05, 0.1) is 10.5 Å². The number of nitrogens with one attached hydrogen (secondary N) is 1. The van der Waals surface area contributed by atoms with E-state index >= 15 is 0 Å². The van der Waals surface area contributed by atoms with E-state index in [-0.39, 0.29) is 17.4 Å². The van der Waals surface area contributed by atoms with Crippen LogP contribution in [0, 0.1) is 5.41 Å². The molecule has 0 saturated carbocycles. The minimum absolute atomic E-state index is 0.00367. The maximum Gasteiger partial charge on any atom is 0.270 e. The van der Waals surface area contributed by atoms with Gasteiger partial charge in [-0.2, -0.15) is 0 Å². The Bertz CT molecular complexity index is 646. The summed E-state index contributed by atoms with van der Waals surface area (Å²) in [4.78, 5) is 16.6. The molecule has 3 nitrogen and oxygen atoms in total. The third-order valence-electron chi connectivity index (χ3n) is 3.54. The summed E-state index contributed by atoms with van der Waals surface area (Å²) in [6, 6.07) is 9.19. The molecule has 1 N–H and O–H groups in total. The number of para-hydroxylation sites is 1. The molecule has 0 bridgehead atoms. The minimum atomic E-state index is -0.194. The van der Waals surface area contributed by atoms with Crippen molar-refractivity contribution in [1.82, 2.24) is 10.3 Å². The molecule has 20 heavy (non-hydrogen) atoms. The van der Waals surface area contributed by atoms with E-state index in [4.69, 9.17) is 11.6 Å². The Morgan fingerprint density at radius 3 is 2.60 bits per heavy atom. The highest BCUT2D eigenvalue weighted by molar-refractivity contribution is 6.35. The van der Waals surface area contributed by atoms with Crippen molar-refractivity contribution in [3.8, 4) is 0 Å². The summed E-state index contributed by atoms with van der Waals surface area (Å²) < 4.78 is 0. The maximum absolute atomic E-state index is 12.3. The van der Waals surface area contributed by atoms with E-state index in [1.165, 1.54) is 0 Å². The first-order valence-electron chi connectivity index (χ1n) is 6.65. The molecule has 1 heterocycles. The first-order chi connectivity index (χ1) is 9.29. The fraction of sp³-hybridized carbons (Fsp3) is 0.375. The molecule has 1 aromatic heterocycles. The molecular formula is C16H19ClN2O. The Morgan fingerprint density at radius 1 is 1.30 bits per heavy atom.